The van der Waals surface area contributed by atoms with Crippen LogP contribution in [-0.2, 0) is 7.63 Å². The number of phosphoric ester groups is 1. The molecule has 0 saturated carbocycles. The molecule has 0 saturated heterocycles. The van der Waals surface area contributed by atoms with E-state index in [0.29, 0.717) is 0 Å². The van der Waals surface area contributed by atoms with Gasteiger partial charge in [0.15, 0.2) is 21.2 Å². The van der Waals surface area contributed by atoms with Crippen LogP contribution < -0.4 is 4.52 Å². The summed E-state index contributed by atoms with van der Waals surface area (Å²) in [6.45, 7) is 0. The molecule has 5 nitrogen and oxygen atoms in total. The van der Waals surface area contributed by atoms with Crippen molar-refractivity contribution in [3.63, 3.8) is 0 Å². The summed E-state index contributed by atoms with van der Waals surface area (Å²) in [5, 5.41) is 0. The zero-order chi connectivity index (χ0) is 10.8. The first-order chi connectivity index (χ1) is 6.42. The van der Waals surface area contributed by atoms with Gasteiger partial charge in [0.2, 0.25) is 0 Å². The molecular formula is C6H5FIO5P. The predicted octanol–water partition coefficient (Wildman–Crippen LogP) is 1.78. The zero-order valence-electron chi connectivity index (χ0n) is 6.55. The molecule has 78 valence electrons. The molecular weight excluding hydrogens is 329 g/mol. The van der Waals surface area contributed by atoms with E-state index in [9.17, 15) is 12.0 Å². The van der Waals surface area contributed by atoms with Gasteiger partial charge in [-0.1, -0.05) is 0 Å². The topological polar surface area (TPSA) is 83.8 Å². The molecule has 0 radical (unpaired) electrons. The maximum Gasteiger partial charge on any atom is 0.524 e. The third-order valence-corrected chi connectivity index (χ3v) is 2.99. The highest BCUT2D eigenvalue weighted by Crippen LogP contribution is 2.40. The molecule has 0 spiro atoms. The predicted molar refractivity (Wildman–Crippen MR) is 52.5 cm³/mol. The number of phosphoric acid groups is 1. The molecule has 0 aromatic heterocycles. The quantitative estimate of drug-likeness (QED) is 0.650. The summed E-state index contributed by atoms with van der Waals surface area (Å²) in [6.07, 6.45) is 0. The summed E-state index contributed by atoms with van der Waals surface area (Å²) >= 11 is -1.66. The van der Waals surface area contributed by atoms with Crippen molar-refractivity contribution in [1.29, 1.82) is 0 Å². The van der Waals surface area contributed by atoms with Crippen LogP contribution in [0.3, 0.4) is 0 Å². The Kier molecular flexibility index (Phi) is 3.71. The molecule has 0 unspecified atom stereocenters. The van der Waals surface area contributed by atoms with Crippen molar-refractivity contribution in [2.24, 2.45) is 0 Å². The fourth-order valence-electron chi connectivity index (χ4n) is 0.739. The average Bonchev–Trinajstić information content (AvgIpc) is 2.01. The van der Waals surface area contributed by atoms with Crippen LogP contribution in [-0.4, -0.2) is 9.79 Å². The molecule has 14 heavy (non-hydrogen) atoms. The Hall–Kier alpha value is -0.370. The van der Waals surface area contributed by atoms with Crippen LogP contribution in [0.4, 0.5) is 4.39 Å². The van der Waals surface area contributed by atoms with E-state index < -0.39 is 34.8 Å². The smallest absolute Gasteiger partial charge is 0.403 e. The molecule has 8 heteroatoms. The van der Waals surface area contributed by atoms with E-state index in [2.05, 4.69) is 4.52 Å². The molecule has 0 aliphatic rings. The minimum atomic E-state index is -4.74. The fourth-order valence-corrected chi connectivity index (χ4v) is 2.13. The second kappa shape index (κ2) is 4.43. The molecule has 2 N–H and O–H groups in total. The van der Waals surface area contributed by atoms with Crippen LogP contribution in [0, 0.1) is 9.39 Å². The summed E-state index contributed by atoms with van der Waals surface area (Å²) in [7, 11) is -4.74. The SMILES string of the molecule is O=Ic1ccc(F)cc1OP(=O)(O)O. The second-order valence-electron chi connectivity index (χ2n) is 2.23. The van der Waals surface area contributed by atoms with Gasteiger partial charge in [0.05, 0.1) is 3.57 Å². The van der Waals surface area contributed by atoms with Gasteiger partial charge >= 0.3 is 7.82 Å². The summed E-state index contributed by atoms with van der Waals surface area (Å²) < 4.78 is 37.9. The lowest BCUT2D eigenvalue weighted by atomic mass is 10.3. The number of hydrogen-bond donors (Lipinski definition) is 2. The fraction of sp³-hybridized carbons (Fsp3) is 0. The van der Waals surface area contributed by atoms with E-state index in [1.165, 1.54) is 6.07 Å². The lowest BCUT2D eigenvalue weighted by molar-refractivity contribution is 0.282. The highest BCUT2D eigenvalue weighted by atomic mass is 127. The van der Waals surface area contributed by atoms with Gasteiger partial charge in [0.1, 0.15) is 11.6 Å². The molecule has 0 aliphatic heterocycles. The largest absolute Gasteiger partial charge is 0.524 e. The highest BCUT2D eigenvalue weighted by molar-refractivity contribution is 14.1. The van der Waals surface area contributed by atoms with Crippen LogP contribution in [0.15, 0.2) is 18.2 Å². The Morgan fingerprint density at radius 3 is 2.57 bits per heavy atom. The minimum absolute atomic E-state index is 0.105. The van der Waals surface area contributed by atoms with Crippen molar-refractivity contribution in [2.75, 3.05) is 0 Å². The van der Waals surface area contributed by atoms with Gasteiger partial charge in [0.25, 0.3) is 0 Å². The molecule has 1 rings (SSSR count). The van der Waals surface area contributed by atoms with Gasteiger partial charge in [0, 0.05) is 6.07 Å². The molecule has 0 atom stereocenters. The molecule has 1 aromatic rings. The van der Waals surface area contributed by atoms with Crippen molar-refractivity contribution >= 4 is 29.0 Å². The average molecular weight is 334 g/mol. The standard InChI is InChI=1S/C6H5FIO5P/c7-4-1-2-5(8-9)6(3-4)13-14(10,11)12/h1-3H,(H2,10,11,12). The molecule has 0 aliphatic carbocycles. The molecule has 0 fully saturated rings. The van der Waals surface area contributed by atoms with Gasteiger partial charge < -0.3 is 4.52 Å². The number of rotatable bonds is 3. The van der Waals surface area contributed by atoms with Gasteiger partial charge in [-0.3, -0.25) is 12.9 Å². The van der Waals surface area contributed by atoms with Crippen LogP contribution in [0.1, 0.15) is 0 Å². The minimum Gasteiger partial charge on any atom is -0.403 e. The molecule has 0 bridgehead atoms. The van der Waals surface area contributed by atoms with Crippen LogP contribution >= 0.6 is 29.0 Å². The summed E-state index contributed by atoms with van der Waals surface area (Å²) in [5.74, 6) is -1.09. The first-order valence-electron chi connectivity index (χ1n) is 3.24. The first kappa shape index (κ1) is 11.7. The van der Waals surface area contributed by atoms with Gasteiger partial charge in [-0.15, -0.1) is 0 Å². The zero-order valence-corrected chi connectivity index (χ0v) is 9.61. The molecule has 0 amide bonds. The Balaban J connectivity index is 3.11. The van der Waals surface area contributed by atoms with Crippen molar-refractivity contribution in [2.45, 2.75) is 0 Å². The van der Waals surface area contributed by atoms with Gasteiger partial charge in [-0.25, -0.2) is 8.96 Å². The summed E-state index contributed by atoms with van der Waals surface area (Å²) in [6, 6.07) is 2.99. The number of benzene rings is 1. The van der Waals surface area contributed by atoms with Gasteiger partial charge in [-0.05, 0) is 12.1 Å². The monoisotopic (exact) mass is 334 g/mol. The van der Waals surface area contributed by atoms with Crippen molar-refractivity contribution < 1.29 is 26.3 Å². The van der Waals surface area contributed by atoms with E-state index in [-0.39, 0.29) is 9.32 Å². The maximum absolute atomic E-state index is 12.6. The second-order valence-corrected chi connectivity index (χ2v) is 5.00. The first-order valence-corrected chi connectivity index (χ1v) is 6.73. The maximum atomic E-state index is 12.6. The van der Waals surface area contributed by atoms with Crippen LogP contribution in [0.25, 0.3) is 0 Å². The normalized spacial score (nSPS) is 11.4. The third-order valence-electron chi connectivity index (χ3n) is 1.19. The molecule has 1 aromatic carbocycles. The lowest BCUT2D eigenvalue weighted by Crippen LogP contribution is -1.93. The van der Waals surface area contributed by atoms with E-state index in [1.807, 2.05) is 0 Å². The lowest BCUT2D eigenvalue weighted by Gasteiger charge is -2.07. The van der Waals surface area contributed by atoms with Crippen molar-refractivity contribution in [3.05, 3.63) is 27.6 Å². The van der Waals surface area contributed by atoms with E-state index in [1.54, 1.807) is 0 Å². The number of halogens is 2. The van der Waals surface area contributed by atoms with Crippen LogP contribution in [0.2, 0.25) is 0 Å². The summed E-state index contributed by atoms with van der Waals surface area (Å²) in [5.41, 5.74) is 0. The molecule has 0 heterocycles. The summed E-state index contributed by atoms with van der Waals surface area (Å²) in [4.78, 5) is 16.9. The van der Waals surface area contributed by atoms with Crippen molar-refractivity contribution in [3.8, 4) is 5.75 Å². The Bertz CT molecular complexity index is 403. The highest BCUT2D eigenvalue weighted by Gasteiger charge is 2.19. The Morgan fingerprint density at radius 2 is 2.07 bits per heavy atom. The Morgan fingerprint density at radius 1 is 1.43 bits per heavy atom. The van der Waals surface area contributed by atoms with E-state index in [0.717, 1.165) is 12.1 Å². The number of hydrogen-bond acceptors (Lipinski definition) is 3. The van der Waals surface area contributed by atoms with Crippen LogP contribution in [0.5, 0.6) is 5.75 Å². The van der Waals surface area contributed by atoms with Gasteiger partial charge in [-0.2, -0.15) is 0 Å². The van der Waals surface area contributed by atoms with Crippen molar-refractivity contribution in [1.82, 2.24) is 0 Å². The van der Waals surface area contributed by atoms with E-state index in [4.69, 9.17) is 9.79 Å². The third kappa shape index (κ3) is 3.41. The Labute approximate surface area is 88.8 Å². The van der Waals surface area contributed by atoms with E-state index >= 15 is 0 Å².